The number of aromatic nitrogens is 1. The molecule has 1 aromatic rings. The summed E-state index contributed by atoms with van der Waals surface area (Å²) >= 11 is 3.39. The van der Waals surface area contributed by atoms with Gasteiger partial charge >= 0.3 is 14.0 Å². The topological polar surface area (TPSA) is 115 Å². The maximum absolute atomic E-state index is 13.4. The summed E-state index contributed by atoms with van der Waals surface area (Å²) in [5.41, 5.74) is -0.0794. The van der Waals surface area contributed by atoms with Crippen LogP contribution in [0.1, 0.15) is 51.7 Å². The number of amides is 1. The Kier molecular flexibility index (Phi) is 8.32. The minimum Gasteiger partial charge on any atom is -0.539 e. The summed E-state index contributed by atoms with van der Waals surface area (Å²) in [6.45, 7) is 11.6. The first-order valence-corrected chi connectivity index (χ1v) is 14.6. The lowest BCUT2D eigenvalue weighted by molar-refractivity contribution is -0.153. The van der Waals surface area contributed by atoms with E-state index in [4.69, 9.17) is 12.9 Å². The number of halogens is 1. The van der Waals surface area contributed by atoms with Crippen molar-refractivity contribution in [3.8, 4) is 0 Å². The highest BCUT2D eigenvalue weighted by Crippen LogP contribution is 2.41. The van der Waals surface area contributed by atoms with Crippen LogP contribution in [0.2, 0.25) is 0 Å². The minimum atomic E-state index is -1.49. The van der Waals surface area contributed by atoms with Gasteiger partial charge in [0.25, 0.3) is 0 Å². The average Bonchev–Trinajstić information content (AvgIpc) is 3.21. The second kappa shape index (κ2) is 10.4. The third-order valence-corrected chi connectivity index (χ3v) is 9.88. The second-order valence-corrected chi connectivity index (χ2v) is 13.3. The van der Waals surface area contributed by atoms with Crippen LogP contribution in [-0.4, -0.2) is 66.7 Å². The van der Waals surface area contributed by atoms with Crippen molar-refractivity contribution in [2.75, 3.05) is 10.2 Å². The number of nitrogens with zero attached hydrogens (tertiary/aromatic N) is 3. The van der Waals surface area contributed by atoms with Crippen LogP contribution in [-0.2, 0) is 34.7 Å². The molecule has 1 amide bonds. The monoisotopic (exact) mass is 631 g/mol. The van der Waals surface area contributed by atoms with E-state index < -0.39 is 45.4 Å². The number of alkyl halides is 1. The molecule has 9 nitrogen and oxygen atoms in total. The van der Waals surface area contributed by atoms with E-state index in [0.29, 0.717) is 15.7 Å². The molecular formula is C22H27BIN3O6S2. The zero-order valence-electron chi connectivity index (χ0n) is 20.4. The SMILES string of the molecule is [B]OC(=O)C1=C(CI)CS(=O)[C@@H]2[C@H](CC(=O)/C(=N\OC(C)(C)C(C)(C)C)c3csc(C)n3)C(=O)N12. The predicted octanol–water partition coefficient (Wildman–Crippen LogP) is 2.82. The maximum Gasteiger partial charge on any atom is 0.378 e. The number of ketones is 1. The van der Waals surface area contributed by atoms with Crippen molar-refractivity contribution in [3.63, 3.8) is 0 Å². The summed E-state index contributed by atoms with van der Waals surface area (Å²) in [6.07, 6.45) is -0.245. The number of aryl methyl sites for hydroxylation is 1. The summed E-state index contributed by atoms with van der Waals surface area (Å²) in [5.74, 6) is -2.58. The summed E-state index contributed by atoms with van der Waals surface area (Å²) < 4.78 is 17.7. The van der Waals surface area contributed by atoms with Crippen LogP contribution in [0.4, 0.5) is 0 Å². The number of carbonyl (C=O) groups is 3. The van der Waals surface area contributed by atoms with Gasteiger partial charge in [0, 0.05) is 38.2 Å². The quantitative estimate of drug-likeness (QED) is 0.108. The second-order valence-electron chi connectivity index (χ2n) is 9.89. The van der Waals surface area contributed by atoms with Crippen LogP contribution in [0.5, 0.6) is 0 Å². The lowest BCUT2D eigenvalue weighted by atomic mass is 9.79. The normalized spacial score (nSPS) is 23.1. The fourth-order valence-corrected chi connectivity index (χ4v) is 6.82. The van der Waals surface area contributed by atoms with E-state index in [-0.39, 0.29) is 29.0 Å². The van der Waals surface area contributed by atoms with Gasteiger partial charge in [-0.3, -0.25) is 18.7 Å². The third-order valence-electron chi connectivity index (χ3n) is 6.48. The standard InChI is InChI=1S/C22H27BIN3O6S2/c1-11-25-14(9-34-11)16(26-33-22(5,6)21(2,3)4)15(28)7-13-18(29)27-17(20(30)32-23)12(8-24)10-35(31)19(13)27/h9,13,19H,7-8,10H2,1-6H3/b26-16-/t13-,19-,35?/m1/s1. The Balaban J connectivity index is 1.89. The molecule has 3 heterocycles. The van der Waals surface area contributed by atoms with Gasteiger partial charge in [-0.1, -0.05) is 48.5 Å². The van der Waals surface area contributed by atoms with Crippen LogP contribution >= 0.6 is 33.9 Å². The molecule has 2 radical (unpaired) electrons. The van der Waals surface area contributed by atoms with Gasteiger partial charge in [-0.2, -0.15) is 0 Å². The molecule has 0 bridgehead atoms. The Labute approximate surface area is 226 Å². The summed E-state index contributed by atoms with van der Waals surface area (Å²) in [4.78, 5) is 50.1. The molecule has 0 aliphatic carbocycles. The molecule has 1 saturated heterocycles. The lowest BCUT2D eigenvalue weighted by Gasteiger charge is -2.49. The van der Waals surface area contributed by atoms with Crippen molar-refractivity contribution in [1.82, 2.24) is 9.88 Å². The Hall–Kier alpha value is -1.61. The third kappa shape index (κ3) is 5.41. The largest absolute Gasteiger partial charge is 0.539 e. The molecule has 35 heavy (non-hydrogen) atoms. The van der Waals surface area contributed by atoms with Crippen LogP contribution < -0.4 is 0 Å². The van der Waals surface area contributed by atoms with E-state index in [1.807, 2.05) is 64.1 Å². The molecule has 0 aromatic carbocycles. The van der Waals surface area contributed by atoms with Crippen molar-refractivity contribution >= 4 is 76.1 Å². The molecule has 1 unspecified atom stereocenters. The molecule has 0 spiro atoms. The highest BCUT2D eigenvalue weighted by Gasteiger charge is 2.57. The predicted molar refractivity (Wildman–Crippen MR) is 143 cm³/mol. The van der Waals surface area contributed by atoms with E-state index >= 15 is 0 Å². The summed E-state index contributed by atoms with van der Waals surface area (Å²) in [6, 6.07) is 0. The first-order valence-electron chi connectivity index (χ1n) is 10.8. The van der Waals surface area contributed by atoms with Crippen molar-refractivity contribution in [1.29, 1.82) is 0 Å². The Bertz CT molecular complexity index is 1140. The fourth-order valence-electron chi connectivity index (χ4n) is 3.45. The van der Waals surface area contributed by atoms with Crippen LogP contribution in [0.15, 0.2) is 21.8 Å². The number of hydrogen-bond acceptors (Lipinski definition) is 9. The Morgan fingerprint density at radius 2 is 2.00 bits per heavy atom. The zero-order chi connectivity index (χ0) is 26.3. The Morgan fingerprint density at radius 3 is 2.51 bits per heavy atom. The molecule has 2 aliphatic rings. The number of β-lactam (4-membered cyclic amide) rings is 1. The Morgan fingerprint density at radius 1 is 1.34 bits per heavy atom. The number of oxime groups is 1. The molecule has 0 N–H and O–H groups in total. The highest BCUT2D eigenvalue weighted by molar-refractivity contribution is 14.1. The molecule has 2 aliphatic heterocycles. The molecule has 3 atom stereocenters. The van der Waals surface area contributed by atoms with Gasteiger partial charge in [-0.15, -0.1) is 11.3 Å². The van der Waals surface area contributed by atoms with E-state index in [1.54, 1.807) is 5.38 Å². The van der Waals surface area contributed by atoms with Crippen molar-refractivity contribution in [2.24, 2.45) is 16.5 Å². The van der Waals surface area contributed by atoms with E-state index in [2.05, 4.69) is 14.8 Å². The summed E-state index contributed by atoms with van der Waals surface area (Å²) in [5, 5.41) is 5.83. The van der Waals surface area contributed by atoms with Crippen LogP contribution in [0.25, 0.3) is 0 Å². The first kappa shape index (κ1) is 28.0. The number of Topliss-reactive ketones (excluding diaryl/α,β-unsaturated/α-hetero) is 1. The van der Waals surface area contributed by atoms with Gasteiger partial charge in [0.15, 0.2) is 11.5 Å². The fraction of sp³-hybridized carbons (Fsp3) is 0.591. The number of fused-ring (bicyclic) bond motifs is 1. The number of carbonyl (C=O) groups excluding carboxylic acids is 3. The maximum atomic E-state index is 13.4. The van der Waals surface area contributed by atoms with Crippen molar-refractivity contribution < 1.29 is 28.1 Å². The van der Waals surface area contributed by atoms with Gasteiger partial charge < -0.3 is 9.49 Å². The number of thiazole rings is 1. The van der Waals surface area contributed by atoms with E-state index in [0.717, 1.165) is 9.91 Å². The van der Waals surface area contributed by atoms with Gasteiger partial charge in [0.1, 0.15) is 22.4 Å². The van der Waals surface area contributed by atoms with Crippen molar-refractivity contribution in [2.45, 2.75) is 58.9 Å². The first-order chi connectivity index (χ1) is 16.2. The summed E-state index contributed by atoms with van der Waals surface area (Å²) in [7, 11) is 3.57. The molecule has 3 rings (SSSR count). The van der Waals surface area contributed by atoms with Gasteiger partial charge in [0.05, 0.1) is 10.9 Å². The molecular weight excluding hydrogens is 604 g/mol. The molecule has 0 saturated carbocycles. The molecule has 188 valence electrons. The number of rotatable bonds is 8. The van der Waals surface area contributed by atoms with Crippen molar-refractivity contribution in [3.05, 3.63) is 27.4 Å². The van der Waals surface area contributed by atoms with Crippen LogP contribution in [0, 0.1) is 18.3 Å². The molecule has 1 fully saturated rings. The van der Waals surface area contributed by atoms with E-state index in [1.165, 1.54) is 11.3 Å². The average molecular weight is 631 g/mol. The van der Waals surface area contributed by atoms with Gasteiger partial charge in [0.2, 0.25) is 5.91 Å². The van der Waals surface area contributed by atoms with E-state index in [9.17, 15) is 18.6 Å². The smallest absolute Gasteiger partial charge is 0.378 e. The highest BCUT2D eigenvalue weighted by atomic mass is 127. The lowest BCUT2D eigenvalue weighted by Crippen LogP contribution is -2.66. The zero-order valence-corrected chi connectivity index (χ0v) is 24.2. The van der Waals surface area contributed by atoms with Crippen LogP contribution in [0.3, 0.4) is 0 Å². The molecule has 13 heteroatoms. The van der Waals surface area contributed by atoms with Gasteiger partial charge in [-0.05, 0) is 26.3 Å². The molecule has 1 aromatic heterocycles. The minimum absolute atomic E-state index is 0.00426. The number of hydrogen-bond donors (Lipinski definition) is 0. The van der Waals surface area contributed by atoms with Gasteiger partial charge in [-0.25, -0.2) is 9.78 Å².